The fourth-order valence-electron chi connectivity index (χ4n) is 1.64. The molecule has 0 aliphatic rings. The van der Waals surface area contributed by atoms with E-state index in [4.69, 9.17) is 9.47 Å². The molecule has 0 unspecified atom stereocenters. The monoisotopic (exact) mass is 237 g/mol. The number of hydrogen-bond donors (Lipinski definition) is 1. The van der Waals surface area contributed by atoms with E-state index >= 15 is 0 Å². The van der Waals surface area contributed by atoms with E-state index in [0.717, 1.165) is 29.2 Å². The molecular formula is C14H23NO2. The van der Waals surface area contributed by atoms with E-state index in [1.165, 1.54) is 0 Å². The van der Waals surface area contributed by atoms with Crippen LogP contribution in [0.5, 0.6) is 11.5 Å². The van der Waals surface area contributed by atoms with Crippen molar-refractivity contribution in [3.63, 3.8) is 0 Å². The lowest BCUT2D eigenvalue weighted by atomic mass is 10.1. The van der Waals surface area contributed by atoms with Crippen LogP contribution in [0.4, 0.5) is 0 Å². The standard InChI is InChI=1S/C14H23NO2/c1-10-7-12(16-5)11(13(8-10)17-6)9-15-14(2,3)4/h7-8,15H,9H2,1-6H3. The Morgan fingerprint density at radius 3 is 1.88 bits per heavy atom. The molecule has 1 aromatic carbocycles. The molecule has 0 aliphatic carbocycles. The van der Waals surface area contributed by atoms with Gasteiger partial charge in [-0.3, -0.25) is 0 Å². The number of benzene rings is 1. The van der Waals surface area contributed by atoms with Crippen LogP contribution < -0.4 is 14.8 Å². The van der Waals surface area contributed by atoms with E-state index in [0.29, 0.717) is 0 Å². The topological polar surface area (TPSA) is 30.5 Å². The number of ether oxygens (including phenoxy) is 2. The van der Waals surface area contributed by atoms with Crippen LogP contribution in [0.1, 0.15) is 31.9 Å². The number of methoxy groups -OCH3 is 2. The average molecular weight is 237 g/mol. The normalized spacial score (nSPS) is 11.4. The predicted octanol–water partition coefficient (Wildman–Crippen LogP) is 2.90. The van der Waals surface area contributed by atoms with Gasteiger partial charge in [0.1, 0.15) is 11.5 Å². The number of hydrogen-bond acceptors (Lipinski definition) is 3. The van der Waals surface area contributed by atoms with Crippen molar-refractivity contribution in [2.75, 3.05) is 14.2 Å². The van der Waals surface area contributed by atoms with Crippen molar-refractivity contribution >= 4 is 0 Å². The van der Waals surface area contributed by atoms with Gasteiger partial charge in [0, 0.05) is 17.6 Å². The molecule has 1 aromatic rings. The first-order valence-corrected chi connectivity index (χ1v) is 5.84. The maximum Gasteiger partial charge on any atom is 0.127 e. The Labute approximate surface area is 104 Å². The largest absolute Gasteiger partial charge is 0.496 e. The van der Waals surface area contributed by atoms with Crippen molar-refractivity contribution < 1.29 is 9.47 Å². The first-order valence-electron chi connectivity index (χ1n) is 5.84. The van der Waals surface area contributed by atoms with E-state index in [9.17, 15) is 0 Å². The number of nitrogens with one attached hydrogen (secondary N) is 1. The van der Waals surface area contributed by atoms with E-state index in [2.05, 4.69) is 26.1 Å². The lowest BCUT2D eigenvalue weighted by Crippen LogP contribution is -2.35. The SMILES string of the molecule is COc1cc(C)cc(OC)c1CNC(C)(C)C. The Morgan fingerprint density at radius 1 is 1.06 bits per heavy atom. The van der Waals surface area contributed by atoms with Gasteiger partial charge in [0.2, 0.25) is 0 Å². The van der Waals surface area contributed by atoms with Gasteiger partial charge in [-0.15, -0.1) is 0 Å². The summed E-state index contributed by atoms with van der Waals surface area (Å²) >= 11 is 0. The van der Waals surface area contributed by atoms with Gasteiger partial charge < -0.3 is 14.8 Å². The molecule has 0 bridgehead atoms. The van der Waals surface area contributed by atoms with Gasteiger partial charge in [-0.1, -0.05) is 0 Å². The van der Waals surface area contributed by atoms with Crippen molar-refractivity contribution in [3.05, 3.63) is 23.3 Å². The van der Waals surface area contributed by atoms with Crippen molar-refractivity contribution in [3.8, 4) is 11.5 Å². The molecule has 0 aliphatic heterocycles. The molecule has 3 nitrogen and oxygen atoms in total. The number of aryl methyl sites for hydroxylation is 1. The van der Waals surface area contributed by atoms with Crippen LogP contribution in [0, 0.1) is 6.92 Å². The van der Waals surface area contributed by atoms with Crippen molar-refractivity contribution in [1.82, 2.24) is 5.32 Å². The summed E-state index contributed by atoms with van der Waals surface area (Å²) in [5.41, 5.74) is 2.27. The maximum absolute atomic E-state index is 5.41. The Morgan fingerprint density at radius 2 is 1.53 bits per heavy atom. The highest BCUT2D eigenvalue weighted by atomic mass is 16.5. The Hall–Kier alpha value is -1.22. The molecule has 0 fully saturated rings. The lowest BCUT2D eigenvalue weighted by Gasteiger charge is -2.22. The summed E-state index contributed by atoms with van der Waals surface area (Å²) in [7, 11) is 3.38. The smallest absolute Gasteiger partial charge is 0.127 e. The molecular weight excluding hydrogens is 214 g/mol. The van der Waals surface area contributed by atoms with Crippen LogP contribution >= 0.6 is 0 Å². The first-order chi connectivity index (χ1) is 7.87. The van der Waals surface area contributed by atoms with E-state index < -0.39 is 0 Å². The third kappa shape index (κ3) is 3.93. The van der Waals surface area contributed by atoms with Gasteiger partial charge in [0.25, 0.3) is 0 Å². The zero-order valence-corrected chi connectivity index (χ0v) is 11.7. The molecule has 3 heteroatoms. The molecule has 0 saturated carbocycles. The summed E-state index contributed by atoms with van der Waals surface area (Å²) in [4.78, 5) is 0. The molecule has 0 heterocycles. The van der Waals surface area contributed by atoms with Crippen molar-refractivity contribution in [2.45, 2.75) is 39.8 Å². The highest BCUT2D eigenvalue weighted by Crippen LogP contribution is 2.30. The Balaban J connectivity index is 3.03. The molecule has 1 N–H and O–H groups in total. The third-order valence-electron chi connectivity index (χ3n) is 2.55. The highest BCUT2D eigenvalue weighted by molar-refractivity contribution is 5.47. The minimum absolute atomic E-state index is 0.0703. The molecule has 96 valence electrons. The van der Waals surface area contributed by atoms with Gasteiger partial charge >= 0.3 is 0 Å². The van der Waals surface area contributed by atoms with Crippen LogP contribution in [0.3, 0.4) is 0 Å². The van der Waals surface area contributed by atoms with Gasteiger partial charge in [0.05, 0.1) is 14.2 Å². The van der Waals surface area contributed by atoms with Crippen molar-refractivity contribution in [2.24, 2.45) is 0 Å². The number of rotatable bonds is 4. The Kier molecular flexibility index (Phi) is 4.40. The van der Waals surface area contributed by atoms with Gasteiger partial charge in [0.15, 0.2) is 0 Å². The molecule has 0 radical (unpaired) electrons. The second kappa shape index (κ2) is 5.41. The lowest BCUT2D eigenvalue weighted by molar-refractivity contribution is 0.368. The zero-order valence-electron chi connectivity index (χ0n) is 11.7. The summed E-state index contributed by atoms with van der Waals surface area (Å²) in [6, 6.07) is 4.06. The molecule has 0 aromatic heterocycles. The summed E-state index contributed by atoms with van der Waals surface area (Å²) < 4.78 is 10.8. The Bertz CT molecular complexity index is 355. The summed E-state index contributed by atoms with van der Waals surface area (Å²) in [5.74, 6) is 1.75. The fourth-order valence-corrected chi connectivity index (χ4v) is 1.64. The average Bonchev–Trinajstić information content (AvgIpc) is 2.24. The summed E-state index contributed by atoms with van der Waals surface area (Å²) in [6.45, 7) is 9.18. The molecule has 0 spiro atoms. The molecule has 1 rings (SSSR count). The van der Waals surface area contributed by atoms with E-state index in [-0.39, 0.29) is 5.54 Å². The van der Waals surface area contributed by atoms with Gasteiger partial charge in [-0.25, -0.2) is 0 Å². The van der Waals surface area contributed by atoms with Crippen LogP contribution in [0.2, 0.25) is 0 Å². The maximum atomic E-state index is 5.41. The summed E-state index contributed by atoms with van der Waals surface area (Å²) in [6.07, 6.45) is 0. The van der Waals surface area contributed by atoms with Crippen LogP contribution in [-0.2, 0) is 6.54 Å². The van der Waals surface area contributed by atoms with Crippen LogP contribution in [0.25, 0.3) is 0 Å². The second-order valence-electron chi connectivity index (χ2n) is 5.25. The van der Waals surface area contributed by atoms with Crippen molar-refractivity contribution in [1.29, 1.82) is 0 Å². The molecule has 0 amide bonds. The van der Waals surface area contributed by atoms with Gasteiger partial charge in [-0.2, -0.15) is 0 Å². The quantitative estimate of drug-likeness (QED) is 0.873. The molecule has 17 heavy (non-hydrogen) atoms. The third-order valence-corrected chi connectivity index (χ3v) is 2.55. The zero-order chi connectivity index (χ0) is 13.1. The van der Waals surface area contributed by atoms with Crippen LogP contribution in [0.15, 0.2) is 12.1 Å². The minimum Gasteiger partial charge on any atom is -0.496 e. The van der Waals surface area contributed by atoms with Crippen LogP contribution in [-0.4, -0.2) is 19.8 Å². The minimum atomic E-state index is 0.0703. The molecule has 0 atom stereocenters. The second-order valence-corrected chi connectivity index (χ2v) is 5.25. The predicted molar refractivity (Wildman–Crippen MR) is 70.9 cm³/mol. The van der Waals surface area contributed by atoms with Gasteiger partial charge in [-0.05, 0) is 45.4 Å². The first kappa shape index (κ1) is 13.8. The summed E-state index contributed by atoms with van der Waals surface area (Å²) in [5, 5.41) is 3.45. The highest BCUT2D eigenvalue weighted by Gasteiger charge is 2.15. The fraction of sp³-hybridized carbons (Fsp3) is 0.571. The van der Waals surface area contributed by atoms with E-state index in [1.54, 1.807) is 14.2 Å². The van der Waals surface area contributed by atoms with E-state index in [1.807, 2.05) is 19.1 Å². The molecule has 0 saturated heterocycles.